The van der Waals surface area contributed by atoms with Crippen molar-refractivity contribution in [2.75, 3.05) is 69.2 Å². The molecule has 4 heterocycles. The summed E-state index contributed by atoms with van der Waals surface area (Å²) >= 11 is 0. The van der Waals surface area contributed by atoms with Crippen molar-refractivity contribution < 1.29 is 24.5 Å². The largest absolute Gasteiger partial charge is 0.508 e. The fourth-order valence-corrected chi connectivity index (χ4v) is 7.28. The summed E-state index contributed by atoms with van der Waals surface area (Å²) in [5.41, 5.74) is 0.552. The minimum atomic E-state index is -0.482. The molecule has 51 heavy (non-hydrogen) atoms. The van der Waals surface area contributed by atoms with Gasteiger partial charge in [-0.25, -0.2) is 0 Å². The minimum absolute atomic E-state index is 0.0314. The predicted molar refractivity (Wildman–Crippen MR) is 197 cm³/mol. The van der Waals surface area contributed by atoms with Gasteiger partial charge in [0, 0.05) is 49.2 Å². The minimum Gasteiger partial charge on any atom is -0.508 e. The number of likely N-dealkylation sites (N-methyl/N-ethyl adjacent to an activating group) is 2. The van der Waals surface area contributed by atoms with Crippen molar-refractivity contribution in [2.24, 2.45) is 0 Å². The number of amides is 2. The van der Waals surface area contributed by atoms with Crippen LogP contribution < -0.4 is 15.0 Å². The fraction of sp³-hybridized carbons (Fsp3) is 0.500. The second-order valence-electron chi connectivity index (χ2n) is 13.1. The number of fused-ring (bicyclic) bond motifs is 1. The predicted octanol–water partition coefficient (Wildman–Crippen LogP) is 4.03. The van der Waals surface area contributed by atoms with Crippen molar-refractivity contribution >= 4 is 34.1 Å². The summed E-state index contributed by atoms with van der Waals surface area (Å²) in [5.74, 6) is -0.205. The third-order valence-electron chi connectivity index (χ3n) is 10.0. The Morgan fingerprint density at radius 2 is 1.75 bits per heavy atom. The summed E-state index contributed by atoms with van der Waals surface area (Å²) in [6.45, 7) is 14.0. The van der Waals surface area contributed by atoms with Crippen LogP contribution in [-0.2, 0) is 4.79 Å². The number of hydrogen-bond acceptors (Lipinski definition) is 11. The fourth-order valence-electron chi connectivity index (χ4n) is 7.28. The molecule has 3 aliphatic rings. The van der Waals surface area contributed by atoms with Gasteiger partial charge in [0.1, 0.15) is 23.9 Å². The van der Waals surface area contributed by atoms with Gasteiger partial charge in [-0.2, -0.15) is 15.2 Å². The third-order valence-corrected chi connectivity index (χ3v) is 10.0. The van der Waals surface area contributed by atoms with E-state index in [1.165, 1.54) is 31.5 Å². The van der Waals surface area contributed by atoms with Crippen LogP contribution in [0.2, 0.25) is 0 Å². The van der Waals surface area contributed by atoms with Crippen molar-refractivity contribution in [3.05, 3.63) is 60.8 Å². The second-order valence-corrected chi connectivity index (χ2v) is 13.1. The van der Waals surface area contributed by atoms with E-state index in [0.29, 0.717) is 50.4 Å². The van der Waals surface area contributed by atoms with E-state index in [9.17, 15) is 20.0 Å². The maximum Gasteiger partial charge on any atom is 0.319 e. The Morgan fingerprint density at radius 1 is 1.02 bits per heavy atom. The lowest BCUT2D eigenvalue weighted by Gasteiger charge is -2.40. The number of anilines is 2. The maximum absolute atomic E-state index is 13.6. The standard InChI is InChI=1S/C31H35N7O4.C7H15NO/c1-3-29(40)38-15-14-37(19-22(38)11-12-32)28-18-27(34-31(35-28)42-20-23-9-7-13-36(23)4-2)30(41)33-26-17-24(39)16-21-8-5-6-10-25(21)26;1-2-8-5-3-4-7(8)6-9/h3,5-6,8,10,16-18,22-23,39H,1,4,7,9,11,13-15,19-20H2,2H3,(H,33,41);7,9H,2-6H2,1H3/t22-,23-;7-/m00/s1. The average Bonchev–Trinajstić information content (AvgIpc) is 3.83. The molecule has 3 atom stereocenters. The van der Waals surface area contributed by atoms with Gasteiger partial charge in [-0.05, 0) is 69.4 Å². The lowest BCUT2D eigenvalue weighted by molar-refractivity contribution is -0.128. The molecule has 0 aliphatic carbocycles. The van der Waals surface area contributed by atoms with E-state index in [1.54, 1.807) is 17.0 Å². The Labute approximate surface area is 300 Å². The quantitative estimate of drug-likeness (QED) is 0.248. The SMILES string of the molecule is C=CC(=O)N1CCN(c2cc(C(=O)Nc3cc(O)cc4ccccc34)nc(OC[C@@H]3CCCN3CC)n2)C[C@@H]1CC#N.CCN1CCC[C@H]1CO. The van der Waals surface area contributed by atoms with Gasteiger partial charge in [-0.3, -0.25) is 19.4 Å². The molecule has 2 aromatic carbocycles. The molecular weight excluding hydrogens is 648 g/mol. The molecular formula is C38H50N8O5. The van der Waals surface area contributed by atoms with Crippen molar-refractivity contribution in [1.82, 2.24) is 24.7 Å². The molecule has 1 aromatic heterocycles. The molecule has 0 spiro atoms. The number of likely N-dealkylation sites (tertiary alicyclic amines) is 2. The van der Waals surface area contributed by atoms with Gasteiger partial charge in [0.05, 0.1) is 30.8 Å². The van der Waals surface area contributed by atoms with Gasteiger partial charge < -0.3 is 30.1 Å². The lowest BCUT2D eigenvalue weighted by atomic mass is 10.1. The zero-order chi connectivity index (χ0) is 36.3. The number of carbonyl (C=O) groups excluding carboxylic acids is 2. The molecule has 0 saturated carbocycles. The summed E-state index contributed by atoms with van der Waals surface area (Å²) in [6.07, 6.45) is 5.97. The molecule has 13 nitrogen and oxygen atoms in total. The number of phenolic OH excluding ortho intramolecular Hbond substituents is 1. The maximum atomic E-state index is 13.6. The van der Waals surface area contributed by atoms with Crippen molar-refractivity contribution in [3.63, 3.8) is 0 Å². The summed E-state index contributed by atoms with van der Waals surface area (Å²) in [4.78, 5) is 43.4. The molecule has 2 amide bonds. The molecule has 3 fully saturated rings. The van der Waals surface area contributed by atoms with E-state index in [1.807, 2.05) is 29.2 Å². The number of aliphatic hydroxyl groups excluding tert-OH is 1. The smallest absolute Gasteiger partial charge is 0.319 e. The molecule has 3 N–H and O–H groups in total. The highest BCUT2D eigenvalue weighted by atomic mass is 16.5. The molecule has 0 radical (unpaired) electrons. The Kier molecular flexibility index (Phi) is 13.2. The molecule has 13 heteroatoms. The third kappa shape index (κ3) is 9.32. The zero-order valence-electron chi connectivity index (χ0n) is 29.7. The van der Waals surface area contributed by atoms with E-state index in [0.717, 1.165) is 43.2 Å². The number of carbonyl (C=O) groups is 2. The van der Waals surface area contributed by atoms with Gasteiger partial charge in [0.25, 0.3) is 5.91 Å². The normalized spacial score (nSPS) is 20.8. The van der Waals surface area contributed by atoms with Crippen molar-refractivity contribution in [2.45, 2.75) is 64.1 Å². The van der Waals surface area contributed by atoms with Crippen molar-refractivity contribution in [3.8, 4) is 17.8 Å². The van der Waals surface area contributed by atoms with Crippen LogP contribution in [0.3, 0.4) is 0 Å². The molecule has 0 unspecified atom stereocenters. The van der Waals surface area contributed by atoms with Crippen LogP contribution >= 0.6 is 0 Å². The van der Waals surface area contributed by atoms with Crippen LogP contribution in [0.25, 0.3) is 10.8 Å². The summed E-state index contributed by atoms with van der Waals surface area (Å²) in [7, 11) is 0. The number of nitrogens with zero attached hydrogens (tertiary/aromatic N) is 7. The van der Waals surface area contributed by atoms with Gasteiger partial charge in [-0.15, -0.1) is 0 Å². The monoisotopic (exact) mass is 698 g/mol. The van der Waals surface area contributed by atoms with Gasteiger partial charge in [0.2, 0.25) is 5.91 Å². The summed E-state index contributed by atoms with van der Waals surface area (Å²) in [6, 6.07) is 14.8. The first-order valence-electron chi connectivity index (χ1n) is 18.0. The zero-order valence-corrected chi connectivity index (χ0v) is 29.7. The topological polar surface area (TPSA) is 158 Å². The van der Waals surface area contributed by atoms with E-state index in [4.69, 9.17) is 9.84 Å². The highest BCUT2D eigenvalue weighted by molar-refractivity contribution is 6.09. The highest BCUT2D eigenvalue weighted by Gasteiger charge is 2.31. The Balaban J connectivity index is 0.000000488. The van der Waals surface area contributed by atoms with Gasteiger partial charge in [-0.1, -0.05) is 44.7 Å². The van der Waals surface area contributed by atoms with E-state index < -0.39 is 5.91 Å². The van der Waals surface area contributed by atoms with E-state index >= 15 is 0 Å². The number of benzene rings is 2. The average molecular weight is 699 g/mol. The van der Waals surface area contributed by atoms with Gasteiger partial charge >= 0.3 is 6.01 Å². The number of ether oxygens (including phenoxy) is 1. The highest BCUT2D eigenvalue weighted by Crippen LogP contribution is 2.30. The van der Waals surface area contributed by atoms with Crippen LogP contribution in [0.15, 0.2) is 55.1 Å². The number of aromatic hydroxyl groups is 1. The number of rotatable bonds is 11. The van der Waals surface area contributed by atoms with Crippen molar-refractivity contribution in [1.29, 1.82) is 5.26 Å². The molecule has 0 bridgehead atoms. The molecule has 3 aromatic rings. The second kappa shape index (κ2) is 17.9. The van der Waals surface area contributed by atoms with E-state index in [2.05, 4.69) is 51.6 Å². The number of hydrogen-bond donors (Lipinski definition) is 3. The number of nitriles is 1. The van der Waals surface area contributed by atoms with Crippen LogP contribution in [0, 0.1) is 11.3 Å². The Hall–Kier alpha value is -4.77. The van der Waals surface area contributed by atoms with E-state index in [-0.39, 0.29) is 41.9 Å². The number of nitrogens with one attached hydrogen (secondary N) is 1. The number of phenols is 1. The summed E-state index contributed by atoms with van der Waals surface area (Å²) in [5, 5.41) is 32.9. The first-order valence-corrected chi connectivity index (χ1v) is 18.0. The number of piperazine rings is 1. The first kappa shape index (κ1) is 37.5. The first-order chi connectivity index (χ1) is 24.8. The number of aliphatic hydroxyl groups is 1. The van der Waals surface area contributed by atoms with Crippen LogP contribution in [0.5, 0.6) is 11.8 Å². The molecule has 272 valence electrons. The Morgan fingerprint density at radius 3 is 2.43 bits per heavy atom. The van der Waals surface area contributed by atoms with Crippen LogP contribution in [-0.4, -0.2) is 124 Å². The van der Waals surface area contributed by atoms with Crippen LogP contribution in [0.4, 0.5) is 11.5 Å². The van der Waals surface area contributed by atoms with Crippen LogP contribution in [0.1, 0.15) is 56.4 Å². The number of aromatic nitrogens is 2. The molecule has 3 saturated heterocycles. The molecule has 3 aliphatic heterocycles. The Bertz CT molecular complexity index is 1700. The van der Waals surface area contributed by atoms with Gasteiger partial charge in [0.15, 0.2) is 0 Å². The lowest BCUT2D eigenvalue weighted by Crippen LogP contribution is -2.55. The molecule has 6 rings (SSSR count). The summed E-state index contributed by atoms with van der Waals surface area (Å²) < 4.78 is 6.09.